The molecule has 3 rings (SSSR count). The molecule has 152 valence electrons. The molecular formula is C21H24N4O4. The first kappa shape index (κ1) is 20.3. The van der Waals surface area contributed by atoms with Gasteiger partial charge in [0, 0.05) is 12.5 Å². The predicted octanol–water partition coefficient (Wildman–Crippen LogP) is 1.74. The molecular weight excluding hydrogens is 372 g/mol. The Bertz CT molecular complexity index is 879. The Morgan fingerprint density at radius 3 is 2.21 bits per heavy atom. The third-order valence-corrected chi connectivity index (χ3v) is 4.89. The van der Waals surface area contributed by atoms with Gasteiger partial charge in [0.2, 0.25) is 0 Å². The number of benzene rings is 2. The van der Waals surface area contributed by atoms with Gasteiger partial charge in [0.25, 0.3) is 0 Å². The Morgan fingerprint density at radius 1 is 1.07 bits per heavy atom. The van der Waals surface area contributed by atoms with Crippen LogP contribution in [0.1, 0.15) is 36.3 Å². The van der Waals surface area contributed by atoms with E-state index in [0.717, 1.165) is 22.3 Å². The normalized spacial score (nSPS) is 13.2. The number of guanidine groups is 1. The molecule has 0 heterocycles. The molecule has 8 nitrogen and oxygen atoms in total. The highest BCUT2D eigenvalue weighted by Gasteiger charge is 2.30. The summed E-state index contributed by atoms with van der Waals surface area (Å²) in [6.07, 6.45) is 0.763. The van der Waals surface area contributed by atoms with Crippen LogP contribution in [-0.2, 0) is 14.4 Å². The van der Waals surface area contributed by atoms with E-state index in [-0.39, 0.29) is 24.7 Å². The van der Waals surface area contributed by atoms with Crippen LogP contribution in [0.3, 0.4) is 0 Å². The molecule has 0 fully saturated rings. The number of nitrogens with zero attached hydrogens (tertiary/aromatic N) is 1. The average molecular weight is 396 g/mol. The van der Waals surface area contributed by atoms with E-state index in [2.05, 4.69) is 10.5 Å². The van der Waals surface area contributed by atoms with Crippen LogP contribution in [0.4, 0.5) is 0 Å². The predicted molar refractivity (Wildman–Crippen MR) is 109 cm³/mol. The number of aliphatic imine (C=N–C) groups is 1. The molecule has 1 aliphatic rings. The van der Waals surface area contributed by atoms with Gasteiger partial charge in [0.05, 0.1) is 6.42 Å². The summed E-state index contributed by atoms with van der Waals surface area (Å²) in [7, 11) is 0. The largest absolute Gasteiger partial charge is 0.480 e. The number of fused-ring (bicyclic) bond motifs is 3. The highest BCUT2D eigenvalue weighted by Crippen LogP contribution is 2.46. The van der Waals surface area contributed by atoms with Gasteiger partial charge in [-0.1, -0.05) is 48.5 Å². The summed E-state index contributed by atoms with van der Waals surface area (Å²) in [5.41, 5.74) is 17.2. The molecule has 0 aliphatic heterocycles. The summed E-state index contributed by atoms with van der Waals surface area (Å²) in [5, 5.41) is 9.30. The zero-order chi connectivity index (χ0) is 20.8. The monoisotopic (exact) mass is 396 g/mol. The molecule has 2 aromatic rings. The average Bonchev–Trinajstić information content (AvgIpc) is 3.01. The van der Waals surface area contributed by atoms with Crippen molar-refractivity contribution in [1.29, 1.82) is 0 Å². The van der Waals surface area contributed by atoms with Gasteiger partial charge in [-0.15, -0.1) is 5.48 Å². The van der Waals surface area contributed by atoms with E-state index in [9.17, 15) is 14.7 Å². The fourth-order valence-electron chi connectivity index (χ4n) is 3.56. The fraction of sp³-hybridized carbons (Fsp3) is 0.286. The summed E-state index contributed by atoms with van der Waals surface area (Å²) >= 11 is 0. The van der Waals surface area contributed by atoms with E-state index >= 15 is 0 Å². The maximum atomic E-state index is 12.4. The number of rotatable bonds is 9. The summed E-state index contributed by atoms with van der Waals surface area (Å²) < 4.78 is 0. The van der Waals surface area contributed by atoms with Gasteiger partial charge in [0.1, 0.15) is 6.04 Å². The lowest BCUT2D eigenvalue weighted by molar-refractivity contribution is -0.158. The molecule has 1 aliphatic carbocycles. The standard InChI is InChI=1S/C21H24N4O4/c22-21(23)24-11-5-10-18(20(27)28)25-29-19(26)12-17-15-8-3-1-6-13(15)14-7-2-4-9-16(14)17/h1-4,6-9,17-18,25H,5,10-12H2,(H,27,28)(H4,22,23,24)/t18-/m1/s1. The molecule has 1 atom stereocenters. The van der Waals surface area contributed by atoms with E-state index in [1.54, 1.807) is 0 Å². The minimum atomic E-state index is -1.11. The molecule has 0 saturated carbocycles. The minimum absolute atomic E-state index is 0.0478. The second-order valence-electron chi connectivity index (χ2n) is 6.86. The van der Waals surface area contributed by atoms with Crippen molar-refractivity contribution in [2.75, 3.05) is 6.54 Å². The van der Waals surface area contributed by atoms with Gasteiger partial charge in [-0.2, -0.15) is 0 Å². The third kappa shape index (κ3) is 4.91. The minimum Gasteiger partial charge on any atom is -0.480 e. The first-order valence-electron chi connectivity index (χ1n) is 9.39. The molecule has 29 heavy (non-hydrogen) atoms. The Balaban J connectivity index is 1.60. The molecule has 0 unspecified atom stereocenters. The smallest absolute Gasteiger partial charge is 0.325 e. The number of carbonyl (C=O) groups is 2. The van der Waals surface area contributed by atoms with Crippen molar-refractivity contribution < 1.29 is 19.5 Å². The van der Waals surface area contributed by atoms with Crippen molar-refractivity contribution in [1.82, 2.24) is 5.48 Å². The number of carboxylic acids is 1. The van der Waals surface area contributed by atoms with Crippen LogP contribution < -0.4 is 16.9 Å². The molecule has 6 N–H and O–H groups in total. The van der Waals surface area contributed by atoms with Crippen molar-refractivity contribution in [2.45, 2.75) is 31.2 Å². The van der Waals surface area contributed by atoms with Gasteiger partial charge in [0.15, 0.2) is 5.96 Å². The quantitative estimate of drug-likeness (QED) is 0.219. The Hall–Kier alpha value is -3.39. The van der Waals surface area contributed by atoms with Crippen molar-refractivity contribution in [2.24, 2.45) is 16.5 Å². The molecule has 0 spiro atoms. The van der Waals surface area contributed by atoms with Crippen LogP contribution in [0.5, 0.6) is 0 Å². The topological polar surface area (TPSA) is 140 Å². The molecule has 2 aromatic carbocycles. The molecule has 0 radical (unpaired) electrons. The number of aliphatic carboxylic acids is 1. The van der Waals surface area contributed by atoms with Crippen molar-refractivity contribution in [3.63, 3.8) is 0 Å². The second-order valence-corrected chi connectivity index (χ2v) is 6.86. The van der Waals surface area contributed by atoms with E-state index in [4.69, 9.17) is 16.3 Å². The van der Waals surface area contributed by atoms with Gasteiger partial charge in [-0.05, 0) is 35.1 Å². The van der Waals surface area contributed by atoms with Gasteiger partial charge in [-0.3, -0.25) is 14.6 Å². The van der Waals surface area contributed by atoms with Crippen molar-refractivity contribution in [3.05, 3.63) is 59.7 Å². The van der Waals surface area contributed by atoms with E-state index in [0.29, 0.717) is 13.0 Å². The highest BCUT2D eigenvalue weighted by atomic mass is 16.7. The maximum absolute atomic E-state index is 12.4. The van der Waals surface area contributed by atoms with E-state index in [1.165, 1.54) is 0 Å². The van der Waals surface area contributed by atoms with Crippen molar-refractivity contribution in [3.8, 4) is 11.1 Å². The summed E-state index contributed by atoms with van der Waals surface area (Å²) in [5.74, 6) is -1.80. The Labute approximate surface area is 168 Å². The Morgan fingerprint density at radius 2 is 1.66 bits per heavy atom. The van der Waals surface area contributed by atoms with E-state index < -0.39 is 18.0 Å². The van der Waals surface area contributed by atoms with Crippen LogP contribution in [-0.4, -0.2) is 35.6 Å². The van der Waals surface area contributed by atoms with Gasteiger partial charge >= 0.3 is 11.9 Å². The number of nitrogens with two attached hydrogens (primary N) is 2. The molecule has 0 aromatic heterocycles. The fourth-order valence-corrected chi connectivity index (χ4v) is 3.56. The van der Waals surface area contributed by atoms with E-state index in [1.807, 2.05) is 48.5 Å². The molecule has 8 heteroatoms. The summed E-state index contributed by atoms with van der Waals surface area (Å²) in [6, 6.07) is 14.9. The Kier molecular flexibility index (Phi) is 6.46. The van der Waals surface area contributed by atoms with Gasteiger partial charge < -0.3 is 21.4 Å². The van der Waals surface area contributed by atoms with Crippen LogP contribution in [0.15, 0.2) is 53.5 Å². The number of hydroxylamine groups is 1. The zero-order valence-electron chi connectivity index (χ0n) is 15.9. The lowest BCUT2D eigenvalue weighted by atomic mass is 9.94. The summed E-state index contributed by atoms with van der Waals surface area (Å²) in [4.78, 5) is 32.7. The SMILES string of the molecule is NC(N)=NCCC[C@@H](NOC(=O)CC1c2ccccc2-c2ccccc21)C(=O)O. The first-order chi connectivity index (χ1) is 14.0. The van der Waals surface area contributed by atoms with Gasteiger partial charge in [-0.25, -0.2) is 0 Å². The molecule has 0 bridgehead atoms. The lowest BCUT2D eigenvalue weighted by Gasteiger charge is -2.16. The highest BCUT2D eigenvalue weighted by molar-refractivity contribution is 5.82. The van der Waals surface area contributed by atoms with Crippen LogP contribution in [0, 0.1) is 0 Å². The third-order valence-electron chi connectivity index (χ3n) is 4.89. The first-order valence-corrected chi connectivity index (χ1v) is 9.39. The number of carboxylic acid groups (broad SMARTS) is 1. The van der Waals surface area contributed by atoms with Crippen LogP contribution in [0.2, 0.25) is 0 Å². The maximum Gasteiger partial charge on any atom is 0.325 e. The number of hydrogen-bond acceptors (Lipinski definition) is 5. The number of hydrogen-bond donors (Lipinski definition) is 4. The zero-order valence-corrected chi connectivity index (χ0v) is 15.9. The molecule has 0 amide bonds. The van der Waals surface area contributed by atoms with Crippen molar-refractivity contribution >= 4 is 17.9 Å². The second kappa shape index (κ2) is 9.20. The molecule has 0 saturated heterocycles. The number of carbonyl (C=O) groups excluding carboxylic acids is 1. The van der Waals surface area contributed by atoms with Crippen LogP contribution in [0.25, 0.3) is 11.1 Å². The summed E-state index contributed by atoms with van der Waals surface area (Å²) in [6.45, 7) is 0.303. The lowest BCUT2D eigenvalue weighted by Crippen LogP contribution is -2.38. The number of nitrogens with one attached hydrogen (secondary N) is 1. The van der Waals surface area contributed by atoms with Crippen LogP contribution >= 0.6 is 0 Å².